The Labute approximate surface area is 123 Å². The Morgan fingerprint density at radius 3 is 2.21 bits per heavy atom. The normalized spacial score (nSPS) is 25.8. The van der Waals surface area contributed by atoms with Gasteiger partial charge in [0.05, 0.1) is 6.04 Å². The van der Waals surface area contributed by atoms with Crippen molar-refractivity contribution in [1.29, 1.82) is 0 Å². The molecular weight excluding hydrogens is 260 g/mol. The average Bonchev–Trinajstić information content (AvgIpc) is 2.38. The first kappa shape index (κ1) is 16.8. The fourth-order valence-corrected chi connectivity index (χ4v) is 3.25. The Kier molecular flexibility index (Phi) is 6.13. The topological polar surface area (TPSA) is 32.3 Å². The van der Waals surface area contributed by atoms with Gasteiger partial charge in [0.1, 0.15) is 0 Å². The lowest BCUT2D eigenvalue weighted by molar-refractivity contribution is -0.136. The number of piperidine rings is 2. The van der Waals surface area contributed by atoms with E-state index in [2.05, 4.69) is 31.0 Å². The van der Waals surface area contributed by atoms with Crippen LogP contribution in [0.2, 0.25) is 0 Å². The van der Waals surface area contributed by atoms with Crippen LogP contribution in [0, 0.1) is 11.3 Å². The van der Waals surface area contributed by atoms with Gasteiger partial charge in [0.15, 0.2) is 0 Å². The van der Waals surface area contributed by atoms with Crippen molar-refractivity contribution in [3.05, 3.63) is 0 Å². The first-order valence-electron chi connectivity index (χ1n) is 7.50. The van der Waals surface area contributed by atoms with Crippen molar-refractivity contribution in [2.45, 2.75) is 58.9 Å². The van der Waals surface area contributed by atoms with Crippen LogP contribution in [0.15, 0.2) is 0 Å². The number of halogens is 1. The smallest absolute Gasteiger partial charge is 0.239 e. The molecule has 1 N–H and O–H groups in total. The second kappa shape index (κ2) is 6.94. The summed E-state index contributed by atoms with van der Waals surface area (Å²) in [7, 11) is 0. The predicted octanol–water partition coefficient (Wildman–Crippen LogP) is 2.84. The van der Waals surface area contributed by atoms with Crippen molar-refractivity contribution >= 4 is 18.3 Å². The lowest BCUT2D eigenvalue weighted by Gasteiger charge is -2.40. The number of hydrogen-bond donors (Lipinski definition) is 1. The number of rotatable bonds is 1. The molecule has 19 heavy (non-hydrogen) atoms. The first-order chi connectivity index (χ1) is 8.48. The summed E-state index contributed by atoms with van der Waals surface area (Å²) in [5, 5.41) is 3.37. The number of carbonyl (C=O) groups excluding carboxylic acids is 1. The van der Waals surface area contributed by atoms with E-state index in [9.17, 15) is 4.79 Å². The molecule has 0 radical (unpaired) electrons. The van der Waals surface area contributed by atoms with Crippen molar-refractivity contribution < 1.29 is 4.79 Å². The van der Waals surface area contributed by atoms with Gasteiger partial charge in [-0.25, -0.2) is 0 Å². The Hall–Kier alpha value is -0.280. The lowest BCUT2D eigenvalue weighted by atomic mass is 9.75. The fourth-order valence-electron chi connectivity index (χ4n) is 3.25. The van der Waals surface area contributed by atoms with Crippen molar-refractivity contribution in [1.82, 2.24) is 10.2 Å². The van der Waals surface area contributed by atoms with Gasteiger partial charge in [0, 0.05) is 13.1 Å². The molecule has 3 nitrogen and oxygen atoms in total. The number of hydrogen-bond acceptors (Lipinski definition) is 2. The quantitative estimate of drug-likeness (QED) is 0.805. The maximum absolute atomic E-state index is 12.4. The van der Waals surface area contributed by atoms with Crippen LogP contribution in [0.3, 0.4) is 0 Å². The summed E-state index contributed by atoms with van der Waals surface area (Å²) in [6.07, 6.45) is 5.78. The standard InChI is InChI=1S/C15H28N2O.ClH/c1-15(2,3)12-7-10-17(11-8-12)14(18)13-6-4-5-9-16-13;/h12-13,16H,4-11H2,1-3H3;1H/t13-;/m1./s1. The van der Waals surface area contributed by atoms with E-state index in [0.29, 0.717) is 11.3 Å². The van der Waals surface area contributed by atoms with Gasteiger partial charge in [-0.3, -0.25) is 4.79 Å². The van der Waals surface area contributed by atoms with Gasteiger partial charge in [-0.05, 0) is 43.6 Å². The predicted molar refractivity (Wildman–Crippen MR) is 81.6 cm³/mol. The van der Waals surface area contributed by atoms with E-state index in [1.165, 1.54) is 25.7 Å². The van der Waals surface area contributed by atoms with E-state index in [-0.39, 0.29) is 18.4 Å². The van der Waals surface area contributed by atoms with E-state index in [1.54, 1.807) is 0 Å². The fraction of sp³-hybridized carbons (Fsp3) is 0.933. The second-order valence-electron chi connectivity index (χ2n) is 6.97. The minimum absolute atomic E-state index is 0. The third kappa shape index (κ3) is 4.35. The van der Waals surface area contributed by atoms with Crippen molar-refractivity contribution in [3.8, 4) is 0 Å². The van der Waals surface area contributed by atoms with E-state index in [0.717, 1.165) is 32.0 Å². The number of amides is 1. The molecule has 2 fully saturated rings. The third-order valence-electron chi connectivity index (χ3n) is 4.64. The Morgan fingerprint density at radius 1 is 1.11 bits per heavy atom. The molecule has 0 aromatic heterocycles. The number of likely N-dealkylation sites (tertiary alicyclic amines) is 1. The Bertz CT molecular complexity index is 287. The molecule has 0 aromatic carbocycles. The minimum atomic E-state index is 0. The van der Waals surface area contributed by atoms with Crippen LogP contribution in [0.1, 0.15) is 52.9 Å². The van der Waals surface area contributed by atoms with Gasteiger partial charge in [0.25, 0.3) is 0 Å². The molecule has 0 unspecified atom stereocenters. The zero-order chi connectivity index (χ0) is 13.2. The first-order valence-corrected chi connectivity index (χ1v) is 7.50. The van der Waals surface area contributed by atoms with Crippen molar-refractivity contribution in [3.63, 3.8) is 0 Å². The lowest BCUT2D eigenvalue weighted by Crippen LogP contribution is -2.51. The molecular formula is C15H29ClN2O. The highest BCUT2D eigenvalue weighted by Gasteiger charge is 2.32. The molecule has 0 aromatic rings. The molecule has 112 valence electrons. The van der Waals surface area contributed by atoms with E-state index < -0.39 is 0 Å². The minimum Gasteiger partial charge on any atom is -0.341 e. The van der Waals surface area contributed by atoms with Crippen LogP contribution in [-0.2, 0) is 4.79 Å². The van der Waals surface area contributed by atoms with Gasteiger partial charge in [-0.1, -0.05) is 27.2 Å². The molecule has 1 amide bonds. The van der Waals surface area contributed by atoms with E-state index in [4.69, 9.17) is 0 Å². The average molecular weight is 289 g/mol. The second-order valence-corrected chi connectivity index (χ2v) is 6.97. The van der Waals surface area contributed by atoms with Gasteiger partial charge < -0.3 is 10.2 Å². The molecule has 1 atom stereocenters. The molecule has 0 spiro atoms. The molecule has 2 saturated heterocycles. The van der Waals surface area contributed by atoms with Crippen LogP contribution in [0.25, 0.3) is 0 Å². The van der Waals surface area contributed by atoms with Gasteiger partial charge in [0.2, 0.25) is 5.91 Å². The highest BCUT2D eigenvalue weighted by molar-refractivity contribution is 5.85. The highest BCUT2D eigenvalue weighted by atomic mass is 35.5. The highest BCUT2D eigenvalue weighted by Crippen LogP contribution is 2.34. The summed E-state index contributed by atoms with van der Waals surface area (Å²) < 4.78 is 0. The number of carbonyl (C=O) groups is 1. The summed E-state index contributed by atoms with van der Waals surface area (Å²) in [5.41, 5.74) is 0.387. The number of nitrogens with one attached hydrogen (secondary N) is 1. The van der Waals surface area contributed by atoms with Gasteiger partial charge in [-0.15, -0.1) is 12.4 Å². The molecule has 2 rings (SSSR count). The summed E-state index contributed by atoms with van der Waals surface area (Å²) in [4.78, 5) is 14.5. The Balaban J connectivity index is 0.00000180. The van der Waals surface area contributed by atoms with Crippen LogP contribution in [0.5, 0.6) is 0 Å². The summed E-state index contributed by atoms with van der Waals surface area (Å²) in [5.74, 6) is 1.11. The third-order valence-corrected chi connectivity index (χ3v) is 4.64. The summed E-state index contributed by atoms with van der Waals surface area (Å²) in [6.45, 7) is 9.88. The van der Waals surface area contributed by atoms with Gasteiger partial charge >= 0.3 is 0 Å². The molecule has 4 heteroatoms. The number of nitrogens with zero attached hydrogens (tertiary/aromatic N) is 1. The molecule has 2 aliphatic heterocycles. The maximum Gasteiger partial charge on any atom is 0.239 e. The molecule has 0 saturated carbocycles. The largest absolute Gasteiger partial charge is 0.341 e. The van der Waals surface area contributed by atoms with E-state index >= 15 is 0 Å². The Morgan fingerprint density at radius 2 is 1.74 bits per heavy atom. The van der Waals surface area contributed by atoms with Gasteiger partial charge in [-0.2, -0.15) is 0 Å². The molecule has 0 aliphatic carbocycles. The molecule has 0 bridgehead atoms. The van der Waals surface area contributed by atoms with E-state index in [1.807, 2.05) is 0 Å². The zero-order valence-corrected chi connectivity index (χ0v) is 13.4. The molecule has 2 aliphatic rings. The maximum atomic E-state index is 12.4. The summed E-state index contributed by atoms with van der Waals surface area (Å²) in [6, 6.07) is 0.102. The monoisotopic (exact) mass is 288 g/mol. The van der Waals surface area contributed by atoms with Crippen LogP contribution in [-0.4, -0.2) is 36.5 Å². The van der Waals surface area contributed by atoms with Crippen molar-refractivity contribution in [2.24, 2.45) is 11.3 Å². The summed E-state index contributed by atoms with van der Waals surface area (Å²) >= 11 is 0. The van der Waals surface area contributed by atoms with Crippen LogP contribution >= 0.6 is 12.4 Å². The van der Waals surface area contributed by atoms with Crippen molar-refractivity contribution in [2.75, 3.05) is 19.6 Å². The van der Waals surface area contributed by atoms with Crippen LogP contribution < -0.4 is 5.32 Å². The van der Waals surface area contributed by atoms with Crippen LogP contribution in [0.4, 0.5) is 0 Å². The molecule has 2 heterocycles. The SMILES string of the molecule is CC(C)(C)C1CCN(C(=O)[C@H]2CCCCN2)CC1.Cl. The zero-order valence-electron chi connectivity index (χ0n) is 12.6.